The van der Waals surface area contributed by atoms with Crippen molar-refractivity contribution in [1.29, 1.82) is 0 Å². The molecule has 0 radical (unpaired) electrons. The van der Waals surface area contributed by atoms with Crippen molar-refractivity contribution in [2.24, 2.45) is 13.0 Å². The van der Waals surface area contributed by atoms with Gasteiger partial charge in [-0.15, -0.1) is 0 Å². The van der Waals surface area contributed by atoms with Gasteiger partial charge in [0.15, 0.2) is 6.20 Å². The Bertz CT molecular complexity index is 470. The first-order valence-corrected chi connectivity index (χ1v) is 7.76. The molecule has 1 fully saturated rings. The lowest BCUT2D eigenvalue weighted by Gasteiger charge is -2.27. The van der Waals surface area contributed by atoms with Crippen LogP contribution >= 0.6 is 15.9 Å². The maximum absolute atomic E-state index is 11.3. The number of rotatable bonds is 4. The van der Waals surface area contributed by atoms with Crippen LogP contribution < -0.4 is 9.30 Å². The Labute approximate surface area is 128 Å². The van der Waals surface area contributed by atoms with E-state index in [9.17, 15) is 4.79 Å². The Kier molecular flexibility index (Phi) is 5.40. The third-order valence-electron chi connectivity index (χ3n) is 3.81. The molecule has 0 atom stereocenters. The molecule has 2 rings (SSSR count). The topological polar surface area (TPSA) is 39.4 Å². The quantitative estimate of drug-likeness (QED) is 0.623. The SMILES string of the molecule is COC(=O)CC1CCC(Oc2ccc(Br)c[n+]2C)CC1. The van der Waals surface area contributed by atoms with Gasteiger partial charge in [0.1, 0.15) is 13.2 Å². The minimum Gasteiger partial charge on any atom is -0.469 e. The lowest BCUT2D eigenvalue weighted by molar-refractivity contribution is -0.678. The van der Waals surface area contributed by atoms with Crippen LogP contribution in [0.1, 0.15) is 32.1 Å². The number of carbonyl (C=O) groups is 1. The summed E-state index contributed by atoms with van der Waals surface area (Å²) in [5.41, 5.74) is 0. The normalized spacial score (nSPS) is 22.4. The number of methoxy groups -OCH3 is 1. The molecule has 1 aliphatic rings. The van der Waals surface area contributed by atoms with Gasteiger partial charge in [-0.1, -0.05) is 0 Å². The smallest absolute Gasteiger partial charge is 0.367 e. The summed E-state index contributed by atoms with van der Waals surface area (Å²) in [6.45, 7) is 0. The number of hydrogen-bond acceptors (Lipinski definition) is 3. The molecule has 0 aromatic carbocycles. The Hall–Kier alpha value is -1.10. The van der Waals surface area contributed by atoms with Crippen LogP contribution in [0, 0.1) is 5.92 Å². The molecule has 110 valence electrons. The van der Waals surface area contributed by atoms with Gasteiger partial charge in [-0.25, -0.2) is 0 Å². The van der Waals surface area contributed by atoms with E-state index in [2.05, 4.69) is 15.9 Å². The second-order valence-electron chi connectivity index (χ2n) is 5.34. The molecular weight excluding hydrogens is 322 g/mol. The number of aromatic nitrogens is 1. The first kappa shape index (κ1) is 15.3. The van der Waals surface area contributed by atoms with Gasteiger partial charge in [0.2, 0.25) is 0 Å². The number of hydrogen-bond donors (Lipinski definition) is 0. The van der Waals surface area contributed by atoms with Crippen LogP contribution in [-0.2, 0) is 16.6 Å². The minimum absolute atomic E-state index is 0.103. The van der Waals surface area contributed by atoms with E-state index in [1.807, 2.05) is 29.9 Å². The largest absolute Gasteiger partial charge is 0.469 e. The predicted octanol–water partition coefficient (Wildman–Crippen LogP) is 2.77. The van der Waals surface area contributed by atoms with Crippen molar-refractivity contribution in [1.82, 2.24) is 0 Å². The van der Waals surface area contributed by atoms with Gasteiger partial charge in [-0.3, -0.25) is 4.79 Å². The Morgan fingerprint density at radius 1 is 1.35 bits per heavy atom. The number of pyridine rings is 1. The molecule has 0 aliphatic heterocycles. The summed E-state index contributed by atoms with van der Waals surface area (Å²) in [6.07, 6.45) is 6.82. The van der Waals surface area contributed by atoms with E-state index < -0.39 is 0 Å². The van der Waals surface area contributed by atoms with Gasteiger partial charge in [0.25, 0.3) is 0 Å². The summed E-state index contributed by atoms with van der Waals surface area (Å²) in [7, 11) is 3.42. The molecule has 1 aromatic heterocycles. The maximum Gasteiger partial charge on any atom is 0.367 e. The zero-order chi connectivity index (χ0) is 14.5. The van der Waals surface area contributed by atoms with Gasteiger partial charge >= 0.3 is 11.8 Å². The van der Waals surface area contributed by atoms with E-state index in [4.69, 9.17) is 9.47 Å². The van der Waals surface area contributed by atoms with Crippen LogP contribution in [0.4, 0.5) is 0 Å². The van der Waals surface area contributed by atoms with Crippen LogP contribution in [0.15, 0.2) is 22.8 Å². The van der Waals surface area contributed by atoms with Crippen LogP contribution in [0.5, 0.6) is 5.88 Å². The summed E-state index contributed by atoms with van der Waals surface area (Å²) in [4.78, 5) is 11.3. The van der Waals surface area contributed by atoms with E-state index >= 15 is 0 Å². The molecule has 0 spiro atoms. The van der Waals surface area contributed by atoms with Crippen LogP contribution in [0.3, 0.4) is 0 Å². The van der Waals surface area contributed by atoms with E-state index in [-0.39, 0.29) is 12.1 Å². The summed E-state index contributed by atoms with van der Waals surface area (Å²) in [5.74, 6) is 1.22. The number of esters is 1. The Morgan fingerprint density at radius 2 is 2.05 bits per heavy atom. The van der Waals surface area contributed by atoms with E-state index in [0.29, 0.717) is 12.3 Å². The van der Waals surface area contributed by atoms with Crippen molar-refractivity contribution >= 4 is 21.9 Å². The van der Waals surface area contributed by atoms with Crippen molar-refractivity contribution in [2.75, 3.05) is 7.11 Å². The first-order chi connectivity index (χ1) is 9.58. The van der Waals surface area contributed by atoms with Crippen molar-refractivity contribution in [2.45, 2.75) is 38.2 Å². The lowest BCUT2D eigenvalue weighted by Crippen LogP contribution is -2.34. The zero-order valence-electron chi connectivity index (χ0n) is 12.0. The van der Waals surface area contributed by atoms with E-state index in [1.54, 1.807) is 0 Å². The summed E-state index contributed by atoms with van der Waals surface area (Å²) in [6, 6.07) is 3.96. The molecule has 1 aromatic rings. The second-order valence-corrected chi connectivity index (χ2v) is 6.25. The molecule has 0 unspecified atom stereocenters. The zero-order valence-corrected chi connectivity index (χ0v) is 13.6. The predicted molar refractivity (Wildman–Crippen MR) is 78.3 cm³/mol. The number of nitrogens with zero attached hydrogens (tertiary/aromatic N) is 1. The second kappa shape index (κ2) is 7.07. The van der Waals surface area contributed by atoms with Gasteiger partial charge < -0.3 is 9.47 Å². The number of aryl methyl sites for hydroxylation is 1. The van der Waals surface area contributed by atoms with Gasteiger partial charge in [0.05, 0.1) is 17.6 Å². The van der Waals surface area contributed by atoms with E-state index in [1.165, 1.54) is 7.11 Å². The maximum atomic E-state index is 11.3. The highest BCUT2D eigenvalue weighted by molar-refractivity contribution is 9.10. The van der Waals surface area contributed by atoms with Crippen molar-refractivity contribution in [3.63, 3.8) is 0 Å². The van der Waals surface area contributed by atoms with E-state index in [0.717, 1.165) is 36.0 Å². The highest BCUT2D eigenvalue weighted by Crippen LogP contribution is 2.29. The van der Waals surface area contributed by atoms with Gasteiger partial charge in [-0.05, 0) is 53.6 Å². The minimum atomic E-state index is -0.103. The Morgan fingerprint density at radius 3 is 2.65 bits per heavy atom. The Balaban J connectivity index is 1.83. The highest BCUT2D eigenvalue weighted by atomic mass is 79.9. The molecule has 4 nitrogen and oxygen atoms in total. The number of carbonyl (C=O) groups excluding carboxylic acids is 1. The molecule has 0 N–H and O–H groups in total. The lowest BCUT2D eigenvalue weighted by atomic mass is 9.85. The van der Waals surface area contributed by atoms with Crippen molar-refractivity contribution < 1.29 is 18.8 Å². The standard InChI is InChI=1S/C15H21BrNO3/c1-17-10-12(16)5-8-14(17)20-13-6-3-11(4-7-13)9-15(18)19-2/h5,8,10-11,13H,3-4,6-7,9H2,1-2H3/q+1. The third-order valence-corrected chi connectivity index (χ3v) is 4.28. The molecule has 20 heavy (non-hydrogen) atoms. The van der Waals surface area contributed by atoms with Gasteiger partial charge in [0, 0.05) is 6.42 Å². The van der Waals surface area contributed by atoms with Gasteiger partial charge in [-0.2, -0.15) is 4.57 Å². The fraction of sp³-hybridized carbons (Fsp3) is 0.600. The molecule has 0 amide bonds. The molecule has 5 heteroatoms. The molecule has 1 saturated carbocycles. The average Bonchev–Trinajstić information content (AvgIpc) is 2.44. The molecule has 0 bridgehead atoms. The van der Waals surface area contributed by atoms with Crippen LogP contribution in [0.2, 0.25) is 0 Å². The summed E-state index contributed by atoms with van der Waals surface area (Å²) < 4.78 is 13.8. The fourth-order valence-electron chi connectivity index (χ4n) is 2.63. The number of halogens is 1. The highest BCUT2D eigenvalue weighted by Gasteiger charge is 2.26. The first-order valence-electron chi connectivity index (χ1n) is 6.97. The summed E-state index contributed by atoms with van der Waals surface area (Å²) >= 11 is 3.44. The summed E-state index contributed by atoms with van der Waals surface area (Å²) in [5, 5.41) is 0. The molecule has 1 heterocycles. The van der Waals surface area contributed by atoms with Crippen molar-refractivity contribution in [3.05, 3.63) is 22.8 Å². The average molecular weight is 343 g/mol. The monoisotopic (exact) mass is 342 g/mol. The molecule has 0 saturated heterocycles. The molecule has 1 aliphatic carbocycles. The van der Waals surface area contributed by atoms with Crippen LogP contribution in [0.25, 0.3) is 0 Å². The van der Waals surface area contributed by atoms with Crippen molar-refractivity contribution in [3.8, 4) is 5.88 Å². The third kappa shape index (κ3) is 4.20. The fourth-order valence-corrected chi connectivity index (χ4v) is 3.07. The number of ether oxygens (including phenoxy) is 2. The molecular formula is C15H21BrNO3+. The van der Waals surface area contributed by atoms with Crippen LogP contribution in [-0.4, -0.2) is 19.2 Å².